The first-order chi connectivity index (χ1) is 12.3. The fourth-order valence-electron chi connectivity index (χ4n) is 2.99. The van der Waals surface area contributed by atoms with Crippen molar-refractivity contribution in [3.05, 3.63) is 46.9 Å². The average molecular weight is 354 g/mol. The van der Waals surface area contributed by atoms with E-state index < -0.39 is 0 Å². The van der Waals surface area contributed by atoms with E-state index >= 15 is 0 Å². The minimum absolute atomic E-state index is 0.163. The lowest BCUT2D eigenvalue weighted by Crippen LogP contribution is -2.38. The highest BCUT2D eigenvalue weighted by atomic mass is 32.2. The fourth-order valence-corrected chi connectivity index (χ4v) is 3.40. The number of morpholine rings is 1. The molecule has 0 bridgehead atoms. The van der Waals surface area contributed by atoms with Crippen molar-refractivity contribution in [3.8, 4) is 11.1 Å². The number of ether oxygens (including phenoxy) is 1. The molecule has 4 rings (SSSR count). The van der Waals surface area contributed by atoms with Crippen LogP contribution in [0.15, 0.2) is 46.2 Å². The number of anilines is 1. The lowest BCUT2D eigenvalue weighted by Gasteiger charge is -2.27. The summed E-state index contributed by atoms with van der Waals surface area (Å²) in [5.41, 5.74) is 2.14. The van der Waals surface area contributed by atoms with E-state index in [4.69, 9.17) is 4.74 Å². The van der Waals surface area contributed by atoms with Crippen molar-refractivity contribution < 1.29 is 4.74 Å². The van der Waals surface area contributed by atoms with Gasteiger partial charge in [0.2, 0.25) is 5.95 Å². The summed E-state index contributed by atoms with van der Waals surface area (Å²) in [4.78, 5) is 27.8. The molecule has 0 spiro atoms. The van der Waals surface area contributed by atoms with Gasteiger partial charge in [0.05, 0.1) is 18.6 Å². The first-order valence-electron chi connectivity index (χ1n) is 8.12. The Kier molecular flexibility index (Phi) is 4.42. The summed E-state index contributed by atoms with van der Waals surface area (Å²) in [6.45, 7) is 2.70. The Hall–Kier alpha value is -2.38. The molecule has 0 saturated carbocycles. The van der Waals surface area contributed by atoms with Crippen LogP contribution in [0.2, 0.25) is 0 Å². The smallest absolute Gasteiger partial charge is 0.262 e. The number of benzene rings is 1. The first-order valence-corrected chi connectivity index (χ1v) is 9.35. The van der Waals surface area contributed by atoms with E-state index in [2.05, 4.69) is 27.1 Å². The average Bonchev–Trinajstić information content (AvgIpc) is 2.68. The Balaban J connectivity index is 1.82. The number of thioether (sulfide) groups is 1. The van der Waals surface area contributed by atoms with Crippen LogP contribution in [0.3, 0.4) is 0 Å². The lowest BCUT2D eigenvalue weighted by molar-refractivity contribution is 0.122. The zero-order chi connectivity index (χ0) is 17.2. The molecule has 128 valence electrons. The molecule has 3 aromatic rings. The van der Waals surface area contributed by atoms with Crippen LogP contribution in [0, 0.1) is 0 Å². The maximum Gasteiger partial charge on any atom is 0.262 e. The second kappa shape index (κ2) is 6.85. The molecule has 1 fully saturated rings. The highest BCUT2D eigenvalue weighted by Crippen LogP contribution is 2.27. The maximum absolute atomic E-state index is 12.8. The van der Waals surface area contributed by atoms with Gasteiger partial charge in [0, 0.05) is 24.2 Å². The van der Waals surface area contributed by atoms with E-state index in [1.54, 1.807) is 18.0 Å². The summed E-state index contributed by atoms with van der Waals surface area (Å²) < 4.78 is 5.36. The first kappa shape index (κ1) is 16.1. The van der Waals surface area contributed by atoms with Crippen LogP contribution in [0.1, 0.15) is 0 Å². The Morgan fingerprint density at radius 1 is 1.16 bits per heavy atom. The van der Waals surface area contributed by atoms with E-state index in [-0.39, 0.29) is 5.56 Å². The number of rotatable bonds is 3. The normalized spacial score (nSPS) is 14.8. The van der Waals surface area contributed by atoms with Crippen molar-refractivity contribution in [2.45, 2.75) is 4.90 Å². The molecule has 6 nitrogen and oxygen atoms in total. The third-order valence-corrected chi connectivity index (χ3v) is 5.05. The second-order valence-electron chi connectivity index (χ2n) is 5.77. The van der Waals surface area contributed by atoms with Crippen LogP contribution in [-0.4, -0.2) is 47.5 Å². The number of aromatic nitrogens is 3. The molecule has 0 radical (unpaired) electrons. The molecule has 1 aliphatic rings. The largest absolute Gasteiger partial charge is 0.378 e. The van der Waals surface area contributed by atoms with Gasteiger partial charge in [-0.15, -0.1) is 11.8 Å². The molecule has 0 amide bonds. The Morgan fingerprint density at radius 2 is 1.92 bits per heavy atom. The number of aromatic amines is 1. The van der Waals surface area contributed by atoms with Crippen molar-refractivity contribution in [3.63, 3.8) is 0 Å². The molecule has 0 unspecified atom stereocenters. The van der Waals surface area contributed by atoms with Crippen molar-refractivity contribution in [1.82, 2.24) is 15.0 Å². The van der Waals surface area contributed by atoms with Gasteiger partial charge in [-0.2, -0.15) is 4.98 Å². The second-order valence-corrected chi connectivity index (χ2v) is 6.65. The molecule has 3 heterocycles. The Morgan fingerprint density at radius 3 is 2.64 bits per heavy atom. The number of nitrogens with zero attached hydrogens (tertiary/aromatic N) is 3. The Labute approximate surface area is 149 Å². The number of fused-ring (bicyclic) bond motifs is 1. The molecule has 0 atom stereocenters. The SMILES string of the molecule is CSc1ccc(-c2ccnc3nc(N4CCOCC4)[nH]c(=O)c23)cc1. The van der Waals surface area contributed by atoms with Crippen LogP contribution >= 0.6 is 11.8 Å². The van der Waals surface area contributed by atoms with Gasteiger partial charge in [0.15, 0.2) is 5.65 Å². The van der Waals surface area contributed by atoms with Gasteiger partial charge in [0.1, 0.15) is 0 Å². The molecule has 1 N–H and O–H groups in total. The minimum atomic E-state index is -0.163. The van der Waals surface area contributed by atoms with Crippen molar-refractivity contribution >= 4 is 28.7 Å². The number of nitrogens with one attached hydrogen (secondary N) is 1. The summed E-state index contributed by atoms with van der Waals surface area (Å²) in [6, 6.07) is 10.0. The van der Waals surface area contributed by atoms with E-state index in [0.717, 1.165) is 11.1 Å². The van der Waals surface area contributed by atoms with Gasteiger partial charge < -0.3 is 9.64 Å². The zero-order valence-electron chi connectivity index (χ0n) is 13.9. The summed E-state index contributed by atoms with van der Waals surface area (Å²) in [5.74, 6) is 0.559. The molecule has 7 heteroatoms. The molecule has 1 aliphatic heterocycles. The third kappa shape index (κ3) is 3.12. The quantitative estimate of drug-likeness (QED) is 0.729. The molecule has 1 aromatic carbocycles. The van der Waals surface area contributed by atoms with Gasteiger partial charge in [-0.05, 0) is 35.6 Å². The van der Waals surface area contributed by atoms with Gasteiger partial charge in [-0.25, -0.2) is 4.98 Å². The summed E-state index contributed by atoms with van der Waals surface area (Å²) in [5, 5.41) is 0.524. The monoisotopic (exact) mass is 354 g/mol. The van der Waals surface area contributed by atoms with E-state index in [9.17, 15) is 4.79 Å². The van der Waals surface area contributed by atoms with Gasteiger partial charge >= 0.3 is 0 Å². The molecule has 2 aromatic heterocycles. The van der Waals surface area contributed by atoms with E-state index in [1.165, 1.54) is 4.90 Å². The van der Waals surface area contributed by atoms with Crippen molar-refractivity contribution in [2.24, 2.45) is 0 Å². The topological polar surface area (TPSA) is 71.1 Å². The number of hydrogen-bond acceptors (Lipinski definition) is 6. The van der Waals surface area contributed by atoms with Crippen molar-refractivity contribution in [2.75, 3.05) is 37.5 Å². The fraction of sp³-hybridized carbons (Fsp3) is 0.278. The lowest BCUT2D eigenvalue weighted by atomic mass is 10.0. The highest BCUT2D eigenvalue weighted by molar-refractivity contribution is 7.98. The van der Waals surface area contributed by atoms with E-state index in [1.807, 2.05) is 29.4 Å². The van der Waals surface area contributed by atoms with Gasteiger partial charge in [0.25, 0.3) is 5.56 Å². The summed E-state index contributed by atoms with van der Waals surface area (Å²) in [7, 11) is 0. The highest BCUT2D eigenvalue weighted by Gasteiger charge is 2.17. The zero-order valence-corrected chi connectivity index (χ0v) is 14.7. The maximum atomic E-state index is 12.8. The van der Waals surface area contributed by atoms with Crippen LogP contribution in [0.4, 0.5) is 5.95 Å². The molecule has 25 heavy (non-hydrogen) atoms. The predicted octanol–water partition coefficient (Wildman–Crippen LogP) is 2.54. The molecular weight excluding hydrogens is 336 g/mol. The summed E-state index contributed by atoms with van der Waals surface area (Å²) in [6.07, 6.45) is 3.74. The van der Waals surface area contributed by atoms with E-state index in [0.29, 0.717) is 43.3 Å². The molecule has 1 saturated heterocycles. The molecular formula is C18H18N4O2S. The van der Waals surface area contributed by atoms with Crippen molar-refractivity contribution in [1.29, 1.82) is 0 Å². The number of hydrogen-bond donors (Lipinski definition) is 1. The van der Waals surface area contributed by atoms with Crippen LogP contribution in [0.5, 0.6) is 0 Å². The number of pyridine rings is 1. The number of H-pyrrole nitrogens is 1. The van der Waals surface area contributed by atoms with Crippen LogP contribution in [-0.2, 0) is 4.74 Å². The summed E-state index contributed by atoms with van der Waals surface area (Å²) >= 11 is 1.69. The third-order valence-electron chi connectivity index (χ3n) is 4.31. The van der Waals surface area contributed by atoms with Gasteiger partial charge in [-0.3, -0.25) is 9.78 Å². The predicted molar refractivity (Wildman–Crippen MR) is 100 cm³/mol. The van der Waals surface area contributed by atoms with Crippen LogP contribution in [0.25, 0.3) is 22.2 Å². The Bertz CT molecular complexity index is 949. The standard InChI is InChI=1S/C18H18N4O2S/c1-25-13-4-2-12(3-5-13)14-6-7-19-16-15(14)17(23)21-18(20-16)22-8-10-24-11-9-22/h2-7H,8-11H2,1H3,(H,19,20,21,23). The van der Waals surface area contributed by atoms with Gasteiger partial charge in [-0.1, -0.05) is 12.1 Å². The van der Waals surface area contributed by atoms with Crippen LogP contribution < -0.4 is 10.5 Å². The molecule has 0 aliphatic carbocycles. The minimum Gasteiger partial charge on any atom is -0.378 e.